The molecule has 2 aromatic carbocycles. The van der Waals surface area contributed by atoms with Crippen LogP contribution >= 0.6 is 0 Å². The van der Waals surface area contributed by atoms with E-state index >= 15 is 0 Å². The number of benzene rings is 2. The lowest BCUT2D eigenvalue weighted by molar-refractivity contribution is 0.296. The molecule has 21 heavy (non-hydrogen) atoms. The average molecular weight is 285 g/mol. The summed E-state index contributed by atoms with van der Waals surface area (Å²) in [5.41, 5.74) is 8.82. The van der Waals surface area contributed by atoms with Crippen molar-refractivity contribution in [1.82, 2.24) is 0 Å². The summed E-state index contributed by atoms with van der Waals surface area (Å²) < 4.78 is 11.1. The Bertz CT molecular complexity index is 564. The molecule has 3 nitrogen and oxygen atoms in total. The molecule has 0 saturated heterocycles. The molecular formula is C18H23NO2. The second kappa shape index (κ2) is 7.58. The van der Waals surface area contributed by atoms with Crippen LogP contribution in [-0.2, 0) is 13.0 Å². The van der Waals surface area contributed by atoms with Gasteiger partial charge in [-0.1, -0.05) is 25.5 Å². The number of nitrogens with two attached hydrogens (primary N) is 1. The van der Waals surface area contributed by atoms with Crippen LogP contribution in [0.15, 0.2) is 42.5 Å². The smallest absolute Gasteiger partial charge is 0.125 e. The van der Waals surface area contributed by atoms with Crippen LogP contribution in [0.3, 0.4) is 0 Å². The molecule has 0 unspecified atom stereocenters. The topological polar surface area (TPSA) is 44.5 Å². The Hall–Kier alpha value is -2.16. The first-order valence-corrected chi connectivity index (χ1v) is 7.37. The van der Waals surface area contributed by atoms with Gasteiger partial charge in [0.25, 0.3) is 0 Å². The highest BCUT2D eigenvalue weighted by atomic mass is 16.5. The Morgan fingerprint density at radius 2 is 1.81 bits per heavy atom. The van der Waals surface area contributed by atoms with Gasteiger partial charge in [-0.05, 0) is 48.7 Å². The van der Waals surface area contributed by atoms with Crippen molar-refractivity contribution in [3.63, 3.8) is 0 Å². The monoisotopic (exact) mass is 285 g/mol. The van der Waals surface area contributed by atoms with E-state index in [1.165, 1.54) is 18.4 Å². The molecule has 112 valence electrons. The van der Waals surface area contributed by atoms with E-state index in [2.05, 4.69) is 19.1 Å². The van der Waals surface area contributed by atoms with Gasteiger partial charge in [0.05, 0.1) is 7.11 Å². The third-order valence-electron chi connectivity index (χ3n) is 3.44. The molecule has 0 saturated carbocycles. The van der Waals surface area contributed by atoms with Gasteiger partial charge in [0.2, 0.25) is 0 Å². The summed E-state index contributed by atoms with van der Waals surface area (Å²) in [5.74, 6) is 1.66. The molecule has 0 heterocycles. The van der Waals surface area contributed by atoms with Gasteiger partial charge in [-0.3, -0.25) is 0 Å². The SMILES string of the molecule is CCCCc1ccc(OCc2cc(N)ccc2OC)cc1. The van der Waals surface area contributed by atoms with Gasteiger partial charge in [-0.2, -0.15) is 0 Å². The standard InChI is InChI=1S/C18H23NO2/c1-3-4-5-14-6-9-17(10-7-14)21-13-15-12-16(19)8-11-18(15)20-2/h6-12H,3-5,13,19H2,1-2H3. The number of nitrogen functional groups attached to an aromatic ring is 1. The fourth-order valence-electron chi connectivity index (χ4n) is 2.21. The Labute approximate surface area is 126 Å². The summed E-state index contributed by atoms with van der Waals surface area (Å²) in [4.78, 5) is 0. The van der Waals surface area contributed by atoms with Crippen molar-refractivity contribution in [2.75, 3.05) is 12.8 Å². The number of unbranched alkanes of at least 4 members (excludes halogenated alkanes) is 1. The lowest BCUT2D eigenvalue weighted by atomic mass is 10.1. The van der Waals surface area contributed by atoms with Gasteiger partial charge in [-0.25, -0.2) is 0 Å². The van der Waals surface area contributed by atoms with Crippen LogP contribution < -0.4 is 15.2 Å². The molecule has 0 aromatic heterocycles. The normalized spacial score (nSPS) is 10.4. The second-order valence-electron chi connectivity index (χ2n) is 5.11. The van der Waals surface area contributed by atoms with E-state index < -0.39 is 0 Å². The Morgan fingerprint density at radius 1 is 1.05 bits per heavy atom. The van der Waals surface area contributed by atoms with Crippen LogP contribution in [0.1, 0.15) is 30.9 Å². The lowest BCUT2D eigenvalue weighted by Crippen LogP contribution is -2.00. The first-order chi connectivity index (χ1) is 10.2. The maximum Gasteiger partial charge on any atom is 0.125 e. The quantitative estimate of drug-likeness (QED) is 0.775. The molecule has 0 atom stereocenters. The van der Waals surface area contributed by atoms with E-state index in [-0.39, 0.29) is 0 Å². The van der Waals surface area contributed by atoms with Crippen LogP contribution in [0.5, 0.6) is 11.5 Å². The summed E-state index contributed by atoms with van der Waals surface area (Å²) >= 11 is 0. The highest BCUT2D eigenvalue weighted by Crippen LogP contribution is 2.23. The number of hydrogen-bond acceptors (Lipinski definition) is 3. The first kappa shape index (κ1) is 15.2. The predicted molar refractivity (Wildman–Crippen MR) is 86.8 cm³/mol. The maximum atomic E-state index is 5.81. The van der Waals surface area contributed by atoms with Gasteiger partial charge in [0, 0.05) is 11.3 Å². The average Bonchev–Trinajstić information content (AvgIpc) is 2.52. The molecule has 0 aliphatic heterocycles. The minimum absolute atomic E-state index is 0.447. The first-order valence-electron chi connectivity index (χ1n) is 7.37. The van der Waals surface area contributed by atoms with Gasteiger partial charge in [-0.15, -0.1) is 0 Å². The zero-order chi connectivity index (χ0) is 15.1. The summed E-state index contributed by atoms with van der Waals surface area (Å²) in [6.07, 6.45) is 3.56. The van der Waals surface area contributed by atoms with E-state index in [1.54, 1.807) is 7.11 Å². The largest absolute Gasteiger partial charge is 0.496 e. The van der Waals surface area contributed by atoms with Crippen LogP contribution in [0.4, 0.5) is 5.69 Å². The predicted octanol–water partition coefficient (Wildman–Crippen LogP) is 4.20. The molecule has 0 amide bonds. The minimum Gasteiger partial charge on any atom is -0.496 e. The van der Waals surface area contributed by atoms with E-state index in [4.69, 9.17) is 15.2 Å². The molecule has 0 aliphatic carbocycles. The minimum atomic E-state index is 0.447. The molecule has 0 bridgehead atoms. The molecular weight excluding hydrogens is 262 g/mol. The van der Waals surface area contributed by atoms with Crippen molar-refractivity contribution in [2.45, 2.75) is 32.8 Å². The van der Waals surface area contributed by atoms with Crippen molar-refractivity contribution >= 4 is 5.69 Å². The van der Waals surface area contributed by atoms with Crippen LogP contribution in [0.2, 0.25) is 0 Å². The summed E-state index contributed by atoms with van der Waals surface area (Å²) in [7, 11) is 1.65. The zero-order valence-electron chi connectivity index (χ0n) is 12.8. The molecule has 2 aromatic rings. The molecule has 0 fully saturated rings. The maximum absolute atomic E-state index is 5.81. The molecule has 2 rings (SSSR count). The summed E-state index contributed by atoms with van der Waals surface area (Å²) in [6.45, 7) is 2.65. The van der Waals surface area contributed by atoms with Crippen molar-refractivity contribution in [3.8, 4) is 11.5 Å². The fourth-order valence-corrected chi connectivity index (χ4v) is 2.21. The Kier molecular flexibility index (Phi) is 5.50. The van der Waals surface area contributed by atoms with E-state index in [9.17, 15) is 0 Å². The fraction of sp³-hybridized carbons (Fsp3) is 0.333. The highest BCUT2D eigenvalue weighted by molar-refractivity contribution is 5.47. The number of hydrogen-bond donors (Lipinski definition) is 1. The summed E-state index contributed by atoms with van der Waals surface area (Å²) in [6, 6.07) is 13.9. The van der Waals surface area contributed by atoms with Crippen molar-refractivity contribution < 1.29 is 9.47 Å². The molecule has 2 N–H and O–H groups in total. The summed E-state index contributed by atoms with van der Waals surface area (Å²) in [5, 5.41) is 0. The Morgan fingerprint density at radius 3 is 2.48 bits per heavy atom. The van der Waals surface area contributed by atoms with Gasteiger partial charge < -0.3 is 15.2 Å². The lowest BCUT2D eigenvalue weighted by Gasteiger charge is -2.11. The molecule has 0 spiro atoms. The molecule has 0 radical (unpaired) electrons. The Balaban J connectivity index is 1.98. The van der Waals surface area contributed by atoms with Crippen molar-refractivity contribution in [2.24, 2.45) is 0 Å². The number of rotatable bonds is 7. The number of aryl methyl sites for hydroxylation is 1. The van der Waals surface area contributed by atoms with Gasteiger partial charge >= 0.3 is 0 Å². The van der Waals surface area contributed by atoms with E-state index in [1.807, 2.05) is 30.3 Å². The van der Waals surface area contributed by atoms with Crippen molar-refractivity contribution in [1.29, 1.82) is 0 Å². The van der Waals surface area contributed by atoms with Crippen LogP contribution in [0, 0.1) is 0 Å². The zero-order valence-corrected chi connectivity index (χ0v) is 12.8. The van der Waals surface area contributed by atoms with E-state index in [0.717, 1.165) is 23.5 Å². The second-order valence-corrected chi connectivity index (χ2v) is 5.11. The van der Waals surface area contributed by atoms with Crippen molar-refractivity contribution in [3.05, 3.63) is 53.6 Å². The number of anilines is 1. The highest BCUT2D eigenvalue weighted by Gasteiger charge is 2.04. The van der Waals surface area contributed by atoms with Crippen LogP contribution in [-0.4, -0.2) is 7.11 Å². The van der Waals surface area contributed by atoms with Gasteiger partial charge in [0.15, 0.2) is 0 Å². The number of ether oxygens (including phenoxy) is 2. The van der Waals surface area contributed by atoms with Gasteiger partial charge in [0.1, 0.15) is 18.1 Å². The van der Waals surface area contributed by atoms with E-state index in [0.29, 0.717) is 12.3 Å². The molecule has 3 heteroatoms. The third kappa shape index (κ3) is 4.42. The molecule has 0 aliphatic rings. The third-order valence-corrected chi connectivity index (χ3v) is 3.44. The number of methoxy groups -OCH3 is 1. The van der Waals surface area contributed by atoms with Crippen LogP contribution in [0.25, 0.3) is 0 Å².